The van der Waals surface area contributed by atoms with Crippen LogP contribution in [0.1, 0.15) is 50.0 Å². The van der Waals surface area contributed by atoms with Gasteiger partial charge in [0.1, 0.15) is 24.0 Å². The van der Waals surface area contributed by atoms with E-state index in [1.54, 1.807) is 6.33 Å². The van der Waals surface area contributed by atoms with Gasteiger partial charge in [-0.1, -0.05) is 5.16 Å². The number of alkyl halides is 1. The molecule has 2 saturated heterocycles. The van der Waals surface area contributed by atoms with Gasteiger partial charge in [-0.2, -0.15) is 0 Å². The Kier molecular flexibility index (Phi) is 5.22. The molecule has 0 amide bonds. The van der Waals surface area contributed by atoms with Gasteiger partial charge in [0.15, 0.2) is 5.82 Å². The fourth-order valence-corrected chi connectivity index (χ4v) is 5.43. The van der Waals surface area contributed by atoms with Gasteiger partial charge >= 0.3 is 0 Å². The minimum absolute atomic E-state index is 0.00695. The van der Waals surface area contributed by atoms with E-state index < -0.39 is 6.17 Å². The van der Waals surface area contributed by atoms with Crippen molar-refractivity contribution in [1.82, 2.24) is 31.1 Å². The smallest absolute Gasteiger partial charge is 0.196 e. The number of rotatable bonds is 5. The van der Waals surface area contributed by atoms with Crippen molar-refractivity contribution in [2.45, 2.75) is 69.5 Å². The number of nitrogens with one attached hydrogen (secondary N) is 2. The van der Waals surface area contributed by atoms with Gasteiger partial charge in [0, 0.05) is 44.2 Å². The highest BCUT2D eigenvalue weighted by molar-refractivity contribution is 5.46. The summed E-state index contributed by atoms with van der Waals surface area (Å²) in [7, 11) is 0. The first-order valence-electron chi connectivity index (χ1n) is 11.9. The zero-order valence-electron chi connectivity index (χ0n) is 19.1. The Hall–Kier alpha value is -2.37. The van der Waals surface area contributed by atoms with Crippen molar-refractivity contribution >= 4 is 11.6 Å². The zero-order valence-corrected chi connectivity index (χ0v) is 19.1. The van der Waals surface area contributed by atoms with Crippen LogP contribution in [-0.2, 0) is 4.74 Å². The normalized spacial score (nSPS) is 33.2. The number of hydrogen-bond donors (Lipinski definition) is 2. The molecule has 4 fully saturated rings. The van der Waals surface area contributed by atoms with Crippen molar-refractivity contribution in [2.24, 2.45) is 5.92 Å². The molecule has 5 atom stereocenters. The van der Waals surface area contributed by atoms with Crippen LogP contribution in [0.3, 0.4) is 0 Å². The average molecular weight is 459 g/mol. The standard InChI is InChI=1S/C22H31FN8O2/c1-13-21(29-33-28-13)31-7-5-30(6-8-31)19-11-17(24-12-25-19)20-14-9-18(32-22(2)3-4-22)15(23)10-16(14)26-27-20/h11-12,14-16,18,20,26-27H,3-10H2,1-2H3. The molecule has 10 nitrogen and oxygen atoms in total. The number of piperazine rings is 1. The zero-order chi connectivity index (χ0) is 22.6. The summed E-state index contributed by atoms with van der Waals surface area (Å²) in [6.45, 7) is 7.27. The van der Waals surface area contributed by atoms with Gasteiger partial charge in [0.25, 0.3) is 0 Å². The highest BCUT2D eigenvalue weighted by Crippen LogP contribution is 2.45. The van der Waals surface area contributed by atoms with E-state index in [-0.39, 0.29) is 29.7 Å². The third-order valence-corrected chi connectivity index (χ3v) is 7.67. The van der Waals surface area contributed by atoms with Crippen LogP contribution in [0.15, 0.2) is 17.0 Å². The Morgan fingerprint density at radius 3 is 2.61 bits per heavy atom. The highest BCUT2D eigenvalue weighted by Gasteiger charge is 2.50. The van der Waals surface area contributed by atoms with E-state index >= 15 is 0 Å². The lowest BCUT2D eigenvalue weighted by Crippen LogP contribution is -2.47. The molecule has 2 aliphatic carbocycles. The summed E-state index contributed by atoms with van der Waals surface area (Å²) in [5.74, 6) is 1.95. The van der Waals surface area contributed by atoms with Crippen LogP contribution in [0.2, 0.25) is 0 Å². The summed E-state index contributed by atoms with van der Waals surface area (Å²) in [6.07, 6.45) is 3.57. The fraction of sp³-hybridized carbons (Fsp3) is 0.727. The van der Waals surface area contributed by atoms with E-state index in [2.05, 4.69) is 53.9 Å². The molecule has 178 valence electrons. The van der Waals surface area contributed by atoms with Gasteiger partial charge in [-0.3, -0.25) is 5.43 Å². The summed E-state index contributed by atoms with van der Waals surface area (Å²) in [5, 5.41) is 7.91. The molecule has 2 N–H and O–H groups in total. The first-order chi connectivity index (χ1) is 16.0. The van der Waals surface area contributed by atoms with Crippen LogP contribution in [0.5, 0.6) is 0 Å². The van der Waals surface area contributed by atoms with E-state index in [0.29, 0.717) is 12.8 Å². The van der Waals surface area contributed by atoms with Crippen molar-refractivity contribution < 1.29 is 13.8 Å². The van der Waals surface area contributed by atoms with Crippen LogP contribution in [0.25, 0.3) is 0 Å². The Morgan fingerprint density at radius 2 is 1.88 bits per heavy atom. The Balaban J connectivity index is 1.14. The van der Waals surface area contributed by atoms with Gasteiger partial charge in [-0.25, -0.2) is 24.4 Å². The second-order valence-corrected chi connectivity index (χ2v) is 10.1. The quantitative estimate of drug-likeness (QED) is 0.688. The lowest BCUT2D eigenvalue weighted by Gasteiger charge is -2.37. The average Bonchev–Trinajstić information content (AvgIpc) is 3.19. The van der Waals surface area contributed by atoms with Crippen molar-refractivity contribution in [3.8, 4) is 0 Å². The van der Waals surface area contributed by atoms with Crippen molar-refractivity contribution in [3.05, 3.63) is 23.8 Å². The summed E-state index contributed by atoms with van der Waals surface area (Å²) in [6, 6.07) is 2.16. The molecular formula is C22H31FN8O2. The van der Waals surface area contributed by atoms with Gasteiger partial charge in [-0.05, 0) is 44.7 Å². The first-order valence-corrected chi connectivity index (χ1v) is 11.9. The van der Waals surface area contributed by atoms with Gasteiger partial charge in [-0.15, -0.1) is 0 Å². The maximum absolute atomic E-state index is 14.8. The molecule has 0 aromatic carbocycles. The molecule has 0 radical (unpaired) electrons. The number of ether oxygens (including phenoxy) is 1. The van der Waals surface area contributed by atoms with Crippen molar-refractivity contribution in [3.63, 3.8) is 0 Å². The summed E-state index contributed by atoms with van der Waals surface area (Å²) >= 11 is 0. The van der Waals surface area contributed by atoms with Crippen LogP contribution >= 0.6 is 0 Å². The van der Waals surface area contributed by atoms with Crippen LogP contribution in [-0.4, -0.2) is 70.4 Å². The summed E-state index contributed by atoms with van der Waals surface area (Å²) in [5.41, 5.74) is 8.32. The number of fused-ring (bicyclic) bond motifs is 1. The van der Waals surface area contributed by atoms with Gasteiger partial charge < -0.3 is 14.5 Å². The number of halogens is 1. The number of anilines is 2. The highest BCUT2D eigenvalue weighted by atomic mass is 19.1. The maximum Gasteiger partial charge on any atom is 0.196 e. The predicted octanol–water partition coefficient (Wildman–Crippen LogP) is 1.70. The van der Waals surface area contributed by atoms with E-state index in [1.165, 1.54) is 0 Å². The second-order valence-electron chi connectivity index (χ2n) is 10.1. The molecule has 5 unspecified atom stereocenters. The lowest BCUT2D eigenvalue weighted by molar-refractivity contribution is -0.0886. The number of aromatic nitrogens is 4. The molecule has 2 aromatic rings. The molecule has 0 bridgehead atoms. The molecule has 33 heavy (non-hydrogen) atoms. The lowest BCUT2D eigenvalue weighted by atomic mass is 9.78. The Bertz CT molecular complexity index is 992. The Morgan fingerprint density at radius 1 is 1.09 bits per heavy atom. The second kappa shape index (κ2) is 8.14. The molecule has 6 rings (SSSR count). The van der Waals surface area contributed by atoms with E-state index in [1.807, 2.05) is 6.92 Å². The summed E-state index contributed by atoms with van der Waals surface area (Å²) in [4.78, 5) is 13.6. The van der Waals surface area contributed by atoms with Crippen LogP contribution < -0.4 is 20.7 Å². The van der Waals surface area contributed by atoms with E-state index in [9.17, 15) is 4.39 Å². The minimum Gasteiger partial charge on any atom is -0.369 e. The molecule has 0 spiro atoms. The van der Waals surface area contributed by atoms with Crippen LogP contribution in [0, 0.1) is 12.8 Å². The number of hydrazine groups is 1. The topological polar surface area (TPSA) is 104 Å². The number of hydrogen-bond acceptors (Lipinski definition) is 10. The molecule has 4 aliphatic rings. The summed E-state index contributed by atoms with van der Waals surface area (Å²) < 4.78 is 25.8. The predicted molar refractivity (Wildman–Crippen MR) is 118 cm³/mol. The number of nitrogens with zero attached hydrogens (tertiary/aromatic N) is 6. The molecule has 4 heterocycles. The minimum atomic E-state index is -0.933. The van der Waals surface area contributed by atoms with Gasteiger partial charge in [0.05, 0.1) is 23.4 Å². The van der Waals surface area contributed by atoms with Gasteiger partial charge in [0.2, 0.25) is 0 Å². The molecular weight excluding hydrogens is 427 g/mol. The first kappa shape index (κ1) is 21.2. The molecule has 2 aliphatic heterocycles. The maximum atomic E-state index is 14.8. The van der Waals surface area contributed by atoms with E-state index in [0.717, 1.165) is 62.0 Å². The van der Waals surface area contributed by atoms with Crippen molar-refractivity contribution in [2.75, 3.05) is 36.0 Å². The largest absolute Gasteiger partial charge is 0.369 e. The number of aryl methyl sites for hydroxylation is 1. The third-order valence-electron chi connectivity index (χ3n) is 7.67. The molecule has 11 heteroatoms. The molecule has 2 aromatic heterocycles. The van der Waals surface area contributed by atoms with Crippen LogP contribution in [0.4, 0.5) is 16.0 Å². The monoisotopic (exact) mass is 458 g/mol. The SMILES string of the molecule is Cc1nonc1N1CCN(c2cc(C3NNC4CC(F)C(OC5(C)CC5)CC43)ncn2)CC1. The molecule has 2 saturated carbocycles. The van der Waals surface area contributed by atoms with Crippen molar-refractivity contribution in [1.29, 1.82) is 0 Å². The third kappa shape index (κ3) is 4.06. The van der Waals surface area contributed by atoms with E-state index in [4.69, 9.17) is 9.37 Å². The fourth-order valence-electron chi connectivity index (χ4n) is 5.43. The Labute approximate surface area is 192 Å².